The molecule has 2 rings (SSSR count). The molecular formula is C16H19NO2. The average Bonchev–Trinajstić information content (AvgIpc) is 2.44. The molecule has 0 saturated heterocycles. The zero-order valence-electron chi connectivity index (χ0n) is 11.3. The fraction of sp³-hybridized carbons (Fsp3) is 0.250. The van der Waals surface area contributed by atoms with Crippen molar-refractivity contribution in [1.29, 1.82) is 0 Å². The largest absolute Gasteiger partial charge is 0.457 e. The van der Waals surface area contributed by atoms with Crippen molar-refractivity contribution in [2.75, 3.05) is 6.54 Å². The smallest absolute Gasteiger partial charge is 0.130 e. The van der Waals surface area contributed by atoms with Crippen LogP contribution in [0.3, 0.4) is 0 Å². The molecule has 0 aliphatic rings. The van der Waals surface area contributed by atoms with Crippen molar-refractivity contribution < 1.29 is 9.84 Å². The second-order valence-electron chi connectivity index (χ2n) is 4.62. The van der Waals surface area contributed by atoms with Gasteiger partial charge in [0.15, 0.2) is 0 Å². The van der Waals surface area contributed by atoms with Crippen molar-refractivity contribution in [2.45, 2.75) is 20.0 Å². The topological polar surface area (TPSA) is 55.5 Å². The Hall–Kier alpha value is -1.84. The fourth-order valence-electron chi connectivity index (χ4n) is 1.86. The van der Waals surface area contributed by atoms with Gasteiger partial charge in [0.2, 0.25) is 0 Å². The number of hydrogen-bond donors (Lipinski definition) is 2. The minimum atomic E-state index is -0.616. The monoisotopic (exact) mass is 257 g/mol. The summed E-state index contributed by atoms with van der Waals surface area (Å²) in [6.45, 7) is 4.32. The van der Waals surface area contributed by atoms with Crippen LogP contribution < -0.4 is 10.5 Å². The molecule has 0 aromatic heterocycles. The van der Waals surface area contributed by atoms with Crippen LogP contribution in [-0.2, 0) is 0 Å². The van der Waals surface area contributed by atoms with Gasteiger partial charge in [-0.15, -0.1) is 0 Å². The third kappa shape index (κ3) is 3.13. The van der Waals surface area contributed by atoms with Gasteiger partial charge in [-0.2, -0.15) is 0 Å². The van der Waals surface area contributed by atoms with Crippen LogP contribution in [0.4, 0.5) is 0 Å². The molecule has 1 atom stereocenters. The molecule has 0 heterocycles. The van der Waals surface area contributed by atoms with Gasteiger partial charge in [0.05, 0.1) is 6.10 Å². The fourth-order valence-corrected chi connectivity index (χ4v) is 1.86. The summed E-state index contributed by atoms with van der Waals surface area (Å²) in [4.78, 5) is 0. The van der Waals surface area contributed by atoms with E-state index < -0.39 is 6.10 Å². The van der Waals surface area contributed by atoms with E-state index in [1.807, 2.05) is 43.3 Å². The lowest BCUT2D eigenvalue weighted by molar-refractivity contribution is 0.186. The van der Waals surface area contributed by atoms with Gasteiger partial charge < -0.3 is 15.6 Å². The molecule has 3 N–H and O–H groups in total. The quantitative estimate of drug-likeness (QED) is 0.885. The van der Waals surface area contributed by atoms with Gasteiger partial charge in [-0.3, -0.25) is 0 Å². The Bertz CT molecular complexity index is 549. The lowest BCUT2D eigenvalue weighted by Crippen LogP contribution is -2.11. The van der Waals surface area contributed by atoms with E-state index in [1.54, 1.807) is 0 Å². The molecule has 2 aromatic rings. The van der Waals surface area contributed by atoms with Crippen LogP contribution in [0.15, 0.2) is 42.5 Å². The second kappa shape index (κ2) is 5.87. The first kappa shape index (κ1) is 13.6. The molecule has 19 heavy (non-hydrogen) atoms. The molecule has 3 nitrogen and oxygen atoms in total. The average molecular weight is 257 g/mol. The predicted molar refractivity (Wildman–Crippen MR) is 76.4 cm³/mol. The maximum Gasteiger partial charge on any atom is 0.130 e. The zero-order valence-corrected chi connectivity index (χ0v) is 11.3. The minimum absolute atomic E-state index is 0.219. The molecule has 0 saturated carbocycles. The number of rotatable bonds is 4. The summed E-state index contributed by atoms with van der Waals surface area (Å²) < 4.78 is 5.85. The highest BCUT2D eigenvalue weighted by molar-refractivity contribution is 5.41. The van der Waals surface area contributed by atoms with Gasteiger partial charge in [0.1, 0.15) is 11.5 Å². The van der Waals surface area contributed by atoms with Crippen molar-refractivity contribution in [1.82, 2.24) is 0 Å². The Balaban J connectivity index is 2.18. The predicted octanol–water partition coefficient (Wildman–Crippen LogP) is 3.09. The Labute approximate surface area is 113 Å². The summed E-state index contributed by atoms with van der Waals surface area (Å²) in [6, 6.07) is 13.3. The number of hydrogen-bond acceptors (Lipinski definition) is 3. The minimum Gasteiger partial charge on any atom is -0.457 e. The van der Waals surface area contributed by atoms with Crippen molar-refractivity contribution in [3.8, 4) is 11.5 Å². The zero-order chi connectivity index (χ0) is 13.8. The normalized spacial score (nSPS) is 12.2. The second-order valence-corrected chi connectivity index (χ2v) is 4.62. The SMILES string of the molecule is Cc1cccc(Oc2ccc(C(O)CN)cc2)c1C. The summed E-state index contributed by atoms with van der Waals surface area (Å²) in [5, 5.41) is 9.62. The number of aryl methyl sites for hydroxylation is 1. The van der Waals surface area contributed by atoms with Gasteiger partial charge in [0.25, 0.3) is 0 Å². The Kier molecular flexibility index (Phi) is 4.20. The third-order valence-electron chi connectivity index (χ3n) is 3.27. The maximum atomic E-state index is 9.62. The van der Waals surface area contributed by atoms with Crippen LogP contribution in [0.1, 0.15) is 22.8 Å². The molecule has 1 unspecified atom stereocenters. The van der Waals surface area contributed by atoms with E-state index in [1.165, 1.54) is 5.56 Å². The molecule has 0 radical (unpaired) electrons. The summed E-state index contributed by atoms with van der Waals surface area (Å²) >= 11 is 0. The van der Waals surface area contributed by atoms with E-state index in [-0.39, 0.29) is 6.54 Å². The molecule has 100 valence electrons. The first-order valence-electron chi connectivity index (χ1n) is 6.34. The first-order valence-corrected chi connectivity index (χ1v) is 6.34. The number of nitrogens with two attached hydrogens (primary N) is 1. The Morgan fingerprint density at radius 2 is 1.79 bits per heavy atom. The Morgan fingerprint density at radius 1 is 1.11 bits per heavy atom. The van der Waals surface area contributed by atoms with E-state index in [0.29, 0.717) is 0 Å². The van der Waals surface area contributed by atoms with E-state index >= 15 is 0 Å². The molecule has 0 amide bonds. The summed E-state index contributed by atoms with van der Waals surface area (Å²) in [5.41, 5.74) is 8.56. The van der Waals surface area contributed by atoms with Crippen LogP contribution in [0, 0.1) is 13.8 Å². The van der Waals surface area contributed by atoms with Crippen LogP contribution >= 0.6 is 0 Å². The molecule has 0 spiro atoms. The van der Waals surface area contributed by atoms with Crippen LogP contribution in [0.25, 0.3) is 0 Å². The highest BCUT2D eigenvalue weighted by atomic mass is 16.5. The number of aliphatic hydroxyl groups is 1. The number of benzene rings is 2. The van der Waals surface area contributed by atoms with Gasteiger partial charge in [-0.1, -0.05) is 24.3 Å². The third-order valence-corrected chi connectivity index (χ3v) is 3.27. The van der Waals surface area contributed by atoms with Crippen molar-refractivity contribution >= 4 is 0 Å². The van der Waals surface area contributed by atoms with E-state index in [4.69, 9.17) is 10.5 Å². The summed E-state index contributed by atoms with van der Waals surface area (Å²) in [7, 11) is 0. The van der Waals surface area contributed by atoms with E-state index in [9.17, 15) is 5.11 Å². The van der Waals surface area contributed by atoms with E-state index in [2.05, 4.69) is 13.0 Å². The molecule has 0 bridgehead atoms. The lowest BCUT2D eigenvalue weighted by Gasteiger charge is -2.12. The molecule has 0 aliphatic carbocycles. The van der Waals surface area contributed by atoms with Gasteiger partial charge >= 0.3 is 0 Å². The maximum absolute atomic E-state index is 9.62. The molecule has 0 fully saturated rings. The van der Waals surface area contributed by atoms with Gasteiger partial charge in [-0.25, -0.2) is 0 Å². The van der Waals surface area contributed by atoms with Gasteiger partial charge in [-0.05, 0) is 48.7 Å². The Morgan fingerprint density at radius 3 is 2.42 bits per heavy atom. The van der Waals surface area contributed by atoms with Crippen LogP contribution in [0.5, 0.6) is 11.5 Å². The number of aliphatic hydroxyl groups excluding tert-OH is 1. The highest BCUT2D eigenvalue weighted by Gasteiger charge is 2.06. The summed E-state index contributed by atoms with van der Waals surface area (Å²) in [5.74, 6) is 1.61. The summed E-state index contributed by atoms with van der Waals surface area (Å²) in [6.07, 6.45) is -0.616. The van der Waals surface area contributed by atoms with E-state index in [0.717, 1.165) is 22.6 Å². The molecule has 0 aliphatic heterocycles. The van der Waals surface area contributed by atoms with Crippen LogP contribution in [0.2, 0.25) is 0 Å². The van der Waals surface area contributed by atoms with Crippen molar-refractivity contribution in [3.63, 3.8) is 0 Å². The van der Waals surface area contributed by atoms with Crippen LogP contribution in [-0.4, -0.2) is 11.7 Å². The standard InChI is InChI=1S/C16H19NO2/c1-11-4-3-5-16(12(11)2)19-14-8-6-13(7-9-14)15(18)10-17/h3-9,15,18H,10,17H2,1-2H3. The van der Waals surface area contributed by atoms with Crippen molar-refractivity contribution in [2.24, 2.45) is 5.73 Å². The highest BCUT2D eigenvalue weighted by Crippen LogP contribution is 2.27. The molecular weight excluding hydrogens is 238 g/mol. The lowest BCUT2D eigenvalue weighted by atomic mass is 10.1. The molecule has 3 heteroatoms. The van der Waals surface area contributed by atoms with Crippen molar-refractivity contribution in [3.05, 3.63) is 59.2 Å². The molecule has 2 aromatic carbocycles. The first-order chi connectivity index (χ1) is 9.11. The van der Waals surface area contributed by atoms with Gasteiger partial charge in [0, 0.05) is 6.54 Å². The number of ether oxygens (including phenoxy) is 1.